The van der Waals surface area contributed by atoms with E-state index in [0.29, 0.717) is 17.5 Å². The predicted octanol–water partition coefficient (Wildman–Crippen LogP) is 1.79. The third-order valence-electron chi connectivity index (χ3n) is 1.96. The molecule has 19 heavy (non-hydrogen) atoms. The zero-order valence-corrected chi connectivity index (χ0v) is 11.1. The van der Waals surface area contributed by atoms with Gasteiger partial charge in [-0.25, -0.2) is 9.78 Å². The van der Waals surface area contributed by atoms with Gasteiger partial charge in [-0.1, -0.05) is 0 Å². The molecular weight excluding hydrogens is 246 g/mol. The van der Waals surface area contributed by atoms with Crippen LogP contribution in [0.1, 0.15) is 42.5 Å². The Morgan fingerprint density at radius 1 is 1.53 bits per heavy atom. The van der Waals surface area contributed by atoms with Crippen molar-refractivity contribution in [3.8, 4) is 6.07 Å². The first kappa shape index (κ1) is 14.6. The lowest BCUT2D eigenvalue weighted by Crippen LogP contribution is -2.32. The van der Waals surface area contributed by atoms with Crippen molar-refractivity contribution in [1.29, 1.82) is 5.26 Å². The highest BCUT2D eigenvalue weighted by atomic mass is 16.6. The molecule has 0 spiro atoms. The molecule has 0 saturated carbocycles. The summed E-state index contributed by atoms with van der Waals surface area (Å²) in [6.45, 7) is 5.36. The summed E-state index contributed by atoms with van der Waals surface area (Å²) in [7, 11) is 0. The van der Waals surface area contributed by atoms with Gasteiger partial charge in [0.05, 0.1) is 12.2 Å². The topological polar surface area (TPSA) is 92.1 Å². The monoisotopic (exact) mass is 261 g/mol. The number of pyridine rings is 1. The number of hydrogen-bond donors (Lipinski definition) is 1. The number of rotatable bonds is 3. The van der Waals surface area contributed by atoms with E-state index in [4.69, 9.17) is 10.00 Å². The van der Waals surface area contributed by atoms with E-state index in [2.05, 4.69) is 10.3 Å². The smallest absolute Gasteiger partial charge is 0.407 e. The number of nitrogens with one attached hydrogen (secondary N) is 1. The van der Waals surface area contributed by atoms with E-state index >= 15 is 0 Å². The van der Waals surface area contributed by atoms with Gasteiger partial charge in [-0.05, 0) is 32.9 Å². The molecular formula is C13H15N3O3. The summed E-state index contributed by atoms with van der Waals surface area (Å²) >= 11 is 0. The number of aromatic nitrogens is 1. The van der Waals surface area contributed by atoms with Gasteiger partial charge in [-0.3, -0.25) is 4.79 Å². The Morgan fingerprint density at radius 2 is 2.21 bits per heavy atom. The van der Waals surface area contributed by atoms with Crippen LogP contribution >= 0.6 is 0 Å². The maximum Gasteiger partial charge on any atom is 0.407 e. The summed E-state index contributed by atoms with van der Waals surface area (Å²) in [5, 5.41) is 11.3. The van der Waals surface area contributed by atoms with Gasteiger partial charge in [0.1, 0.15) is 23.7 Å². The Hall–Kier alpha value is -2.42. The van der Waals surface area contributed by atoms with Crippen molar-refractivity contribution in [2.45, 2.75) is 32.9 Å². The number of nitrogens with zero attached hydrogens (tertiary/aromatic N) is 2. The number of nitriles is 1. The second-order valence-corrected chi connectivity index (χ2v) is 4.86. The molecule has 1 amide bonds. The van der Waals surface area contributed by atoms with Gasteiger partial charge in [0.15, 0.2) is 0 Å². The summed E-state index contributed by atoms with van der Waals surface area (Å²) in [4.78, 5) is 26.1. The van der Waals surface area contributed by atoms with Crippen LogP contribution in [0.5, 0.6) is 0 Å². The highest BCUT2D eigenvalue weighted by Crippen LogP contribution is 2.07. The molecule has 0 saturated heterocycles. The van der Waals surface area contributed by atoms with Gasteiger partial charge in [0, 0.05) is 5.56 Å². The van der Waals surface area contributed by atoms with Crippen LogP contribution < -0.4 is 5.32 Å². The lowest BCUT2D eigenvalue weighted by Gasteiger charge is -2.19. The van der Waals surface area contributed by atoms with Crippen LogP contribution in [0.4, 0.5) is 4.79 Å². The molecule has 1 aromatic heterocycles. The molecule has 0 radical (unpaired) electrons. The number of carbonyl (C=O) groups excluding carboxylic acids is 2. The summed E-state index contributed by atoms with van der Waals surface area (Å²) in [5.41, 5.74) is 0.310. The maximum atomic E-state index is 11.4. The molecule has 0 atom stereocenters. The third kappa shape index (κ3) is 5.17. The molecule has 0 bridgehead atoms. The molecule has 1 N–H and O–H groups in total. The third-order valence-corrected chi connectivity index (χ3v) is 1.96. The Kier molecular flexibility index (Phi) is 4.59. The summed E-state index contributed by atoms with van der Waals surface area (Å²) in [5.74, 6) is 0. The molecule has 100 valence electrons. The molecule has 6 heteroatoms. The minimum atomic E-state index is -0.583. The van der Waals surface area contributed by atoms with E-state index in [9.17, 15) is 9.59 Å². The number of ether oxygens (including phenoxy) is 1. The number of aldehydes is 1. The van der Waals surface area contributed by atoms with Crippen molar-refractivity contribution >= 4 is 12.4 Å². The van der Waals surface area contributed by atoms with Crippen LogP contribution in [0.3, 0.4) is 0 Å². The molecule has 0 fully saturated rings. The number of alkyl carbamates (subject to hydrolysis) is 1. The zero-order chi connectivity index (χ0) is 14.5. The normalized spacial score (nSPS) is 10.4. The molecule has 0 aromatic carbocycles. The van der Waals surface area contributed by atoms with E-state index in [1.165, 1.54) is 12.1 Å². The molecule has 0 unspecified atom stereocenters. The van der Waals surface area contributed by atoms with Crippen LogP contribution in [0, 0.1) is 11.3 Å². The van der Waals surface area contributed by atoms with Crippen molar-refractivity contribution in [3.63, 3.8) is 0 Å². The molecule has 1 rings (SSSR count). The van der Waals surface area contributed by atoms with E-state index in [1.54, 1.807) is 20.8 Å². The lowest BCUT2D eigenvalue weighted by atomic mass is 10.2. The molecule has 6 nitrogen and oxygen atoms in total. The number of hydrogen-bond acceptors (Lipinski definition) is 5. The molecule has 1 heterocycles. The molecule has 0 aliphatic carbocycles. The first-order valence-corrected chi connectivity index (χ1v) is 5.67. The molecule has 0 aliphatic heterocycles. The Morgan fingerprint density at radius 3 is 2.74 bits per heavy atom. The largest absolute Gasteiger partial charge is 0.444 e. The Bertz CT molecular complexity index is 527. The van der Waals surface area contributed by atoms with E-state index in [-0.39, 0.29) is 12.2 Å². The second-order valence-electron chi connectivity index (χ2n) is 4.86. The van der Waals surface area contributed by atoms with Crippen LogP contribution in [0.25, 0.3) is 0 Å². The van der Waals surface area contributed by atoms with Gasteiger partial charge < -0.3 is 10.1 Å². The van der Waals surface area contributed by atoms with Crippen molar-refractivity contribution in [2.75, 3.05) is 0 Å². The van der Waals surface area contributed by atoms with Gasteiger partial charge in [0.25, 0.3) is 0 Å². The first-order valence-electron chi connectivity index (χ1n) is 5.67. The minimum absolute atomic E-state index is 0.0886. The predicted molar refractivity (Wildman–Crippen MR) is 67.4 cm³/mol. The second kappa shape index (κ2) is 5.96. The van der Waals surface area contributed by atoms with Gasteiger partial charge in [-0.15, -0.1) is 0 Å². The van der Waals surface area contributed by atoms with Crippen molar-refractivity contribution in [2.24, 2.45) is 0 Å². The fourth-order valence-electron chi connectivity index (χ4n) is 1.30. The van der Waals surface area contributed by atoms with Gasteiger partial charge in [0.2, 0.25) is 0 Å². The fraction of sp³-hybridized carbons (Fsp3) is 0.385. The molecule has 0 aliphatic rings. The first-order chi connectivity index (χ1) is 8.84. The van der Waals surface area contributed by atoms with Crippen LogP contribution in [-0.4, -0.2) is 23.0 Å². The van der Waals surface area contributed by atoms with E-state index in [1.807, 2.05) is 6.07 Å². The minimum Gasteiger partial charge on any atom is -0.444 e. The number of amides is 1. The highest BCUT2D eigenvalue weighted by molar-refractivity contribution is 5.75. The van der Waals surface area contributed by atoms with Crippen LogP contribution in [0.15, 0.2) is 12.1 Å². The zero-order valence-electron chi connectivity index (χ0n) is 11.1. The van der Waals surface area contributed by atoms with Crippen molar-refractivity contribution in [1.82, 2.24) is 10.3 Å². The van der Waals surface area contributed by atoms with Gasteiger partial charge in [-0.2, -0.15) is 5.26 Å². The Balaban J connectivity index is 2.70. The van der Waals surface area contributed by atoms with E-state index < -0.39 is 11.7 Å². The van der Waals surface area contributed by atoms with Crippen molar-refractivity contribution in [3.05, 3.63) is 29.1 Å². The maximum absolute atomic E-state index is 11.4. The van der Waals surface area contributed by atoms with E-state index in [0.717, 1.165) is 0 Å². The summed E-state index contributed by atoms with van der Waals surface area (Å²) < 4.78 is 5.06. The van der Waals surface area contributed by atoms with Crippen LogP contribution in [-0.2, 0) is 11.3 Å². The average Bonchev–Trinajstić information content (AvgIpc) is 2.33. The number of carbonyl (C=O) groups is 2. The van der Waals surface area contributed by atoms with Gasteiger partial charge >= 0.3 is 6.09 Å². The van der Waals surface area contributed by atoms with Crippen LogP contribution in [0.2, 0.25) is 0 Å². The fourth-order valence-corrected chi connectivity index (χ4v) is 1.30. The Labute approximate surface area is 111 Å². The quantitative estimate of drug-likeness (QED) is 0.837. The molecule has 1 aromatic rings. The average molecular weight is 261 g/mol. The van der Waals surface area contributed by atoms with Crippen molar-refractivity contribution < 1.29 is 14.3 Å². The highest BCUT2D eigenvalue weighted by Gasteiger charge is 2.15. The summed E-state index contributed by atoms with van der Waals surface area (Å²) in [6.07, 6.45) is 0.0452. The lowest BCUT2D eigenvalue weighted by molar-refractivity contribution is 0.0523. The SMILES string of the molecule is CC(C)(C)OC(=O)NCc1cc(C=O)cc(C#N)n1. The summed E-state index contributed by atoms with van der Waals surface area (Å²) in [6, 6.07) is 4.74. The standard InChI is InChI=1S/C13H15N3O3/c1-13(2,3)19-12(18)15-7-11-5-9(8-17)4-10(6-14)16-11/h4-5,8H,7H2,1-3H3,(H,15,18).